The summed E-state index contributed by atoms with van der Waals surface area (Å²) in [5.74, 6) is -0.680. The topological polar surface area (TPSA) is 144 Å². The van der Waals surface area contributed by atoms with Gasteiger partial charge in [-0.1, -0.05) is 13.8 Å². The van der Waals surface area contributed by atoms with Crippen molar-refractivity contribution in [1.29, 1.82) is 0 Å². The molecule has 0 saturated carbocycles. The van der Waals surface area contributed by atoms with Crippen molar-refractivity contribution in [2.45, 2.75) is 44.8 Å². The van der Waals surface area contributed by atoms with Gasteiger partial charge in [-0.15, -0.1) is 0 Å². The minimum absolute atomic E-state index is 0.157. The second kappa shape index (κ2) is 10.6. The van der Waals surface area contributed by atoms with Crippen molar-refractivity contribution in [2.75, 3.05) is 13.7 Å². The predicted octanol–water partition coefficient (Wildman–Crippen LogP) is 1.13. The van der Waals surface area contributed by atoms with Gasteiger partial charge in [-0.2, -0.15) is 0 Å². The molecule has 27 heavy (non-hydrogen) atoms. The van der Waals surface area contributed by atoms with Gasteiger partial charge in [0.2, 0.25) is 0 Å². The number of carboxylic acids is 1. The van der Waals surface area contributed by atoms with Crippen molar-refractivity contribution in [3.05, 3.63) is 35.8 Å². The second-order valence-electron chi connectivity index (χ2n) is 6.85. The quantitative estimate of drug-likeness (QED) is 0.422. The van der Waals surface area contributed by atoms with Crippen LogP contribution in [0, 0.1) is 5.92 Å². The minimum Gasteiger partial charge on any atom is -0.493 e. The molecule has 0 amide bonds. The van der Waals surface area contributed by atoms with Crippen LogP contribution in [0.15, 0.2) is 35.1 Å². The Bertz CT molecular complexity index is 675. The summed E-state index contributed by atoms with van der Waals surface area (Å²) in [6, 6.07) is 2.36. The normalized spacial score (nSPS) is 15.7. The highest BCUT2D eigenvalue weighted by molar-refractivity contribution is 5.79. The molecule has 8 nitrogen and oxygen atoms in total. The lowest BCUT2D eigenvalue weighted by Gasteiger charge is -2.30. The Labute approximate surface area is 160 Å². The van der Waals surface area contributed by atoms with E-state index in [1.165, 1.54) is 12.4 Å². The monoisotopic (exact) mass is 378 g/mol. The highest BCUT2D eigenvalue weighted by Gasteiger charge is 2.43. The summed E-state index contributed by atoms with van der Waals surface area (Å²) in [6.45, 7) is 4.21. The molecule has 0 saturated heterocycles. The number of aliphatic imine (C=N–C) groups is 1. The van der Waals surface area contributed by atoms with Crippen molar-refractivity contribution in [3.63, 3.8) is 0 Å². The zero-order valence-corrected chi connectivity index (χ0v) is 16.1. The molecule has 2 unspecified atom stereocenters. The first-order chi connectivity index (χ1) is 12.7. The summed E-state index contributed by atoms with van der Waals surface area (Å²) in [5, 5.41) is 20.2. The van der Waals surface area contributed by atoms with Crippen molar-refractivity contribution in [3.8, 4) is 5.75 Å². The first kappa shape index (κ1) is 22.6. The number of hydrogen-bond acceptors (Lipinski definition) is 7. The number of nitrogens with two attached hydrogens (primary N) is 2. The molecular formula is C19H30N4O4. The van der Waals surface area contributed by atoms with E-state index in [9.17, 15) is 15.0 Å². The van der Waals surface area contributed by atoms with Crippen molar-refractivity contribution in [2.24, 2.45) is 22.4 Å². The lowest BCUT2D eigenvalue weighted by molar-refractivity contribution is -0.161. The van der Waals surface area contributed by atoms with Crippen LogP contribution in [0.4, 0.5) is 0 Å². The van der Waals surface area contributed by atoms with Crippen LogP contribution in [0.25, 0.3) is 0 Å². The van der Waals surface area contributed by atoms with Gasteiger partial charge in [0.15, 0.2) is 5.60 Å². The van der Waals surface area contributed by atoms with Crippen LogP contribution in [-0.2, 0) is 11.2 Å². The van der Waals surface area contributed by atoms with Crippen LogP contribution < -0.4 is 16.2 Å². The number of aromatic nitrogens is 1. The molecule has 1 aromatic heterocycles. The van der Waals surface area contributed by atoms with E-state index in [1.807, 2.05) is 13.8 Å². The summed E-state index contributed by atoms with van der Waals surface area (Å²) in [7, 11) is 1.66. The summed E-state index contributed by atoms with van der Waals surface area (Å²) in [5.41, 5.74) is 10.6. The largest absolute Gasteiger partial charge is 0.493 e. The molecule has 0 radical (unpaired) electrons. The molecule has 2 atom stereocenters. The molecule has 0 bridgehead atoms. The molecule has 1 aromatic rings. The maximum Gasteiger partial charge on any atom is 0.337 e. The summed E-state index contributed by atoms with van der Waals surface area (Å²) >= 11 is 0. The maximum absolute atomic E-state index is 11.7. The molecular weight excluding hydrogens is 348 g/mol. The van der Waals surface area contributed by atoms with E-state index < -0.39 is 17.6 Å². The van der Waals surface area contributed by atoms with Crippen LogP contribution in [0.2, 0.25) is 0 Å². The average Bonchev–Trinajstić information content (AvgIpc) is 2.60. The molecule has 1 heterocycles. The predicted molar refractivity (Wildman–Crippen MR) is 105 cm³/mol. The average molecular weight is 378 g/mol. The maximum atomic E-state index is 11.7. The van der Waals surface area contributed by atoms with Crippen LogP contribution >= 0.6 is 0 Å². The van der Waals surface area contributed by atoms with Gasteiger partial charge in [-0.25, -0.2) is 4.79 Å². The molecule has 0 aromatic carbocycles. The molecule has 6 N–H and O–H groups in total. The van der Waals surface area contributed by atoms with Gasteiger partial charge in [-0.3, -0.25) is 9.98 Å². The Kier molecular flexibility index (Phi) is 8.90. The summed E-state index contributed by atoms with van der Waals surface area (Å²) < 4.78 is 5.67. The number of aliphatic hydroxyl groups is 1. The summed E-state index contributed by atoms with van der Waals surface area (Å²) in [4.78, 5) is 19.7. The fourth-order valence-corrected chi connectivity index (χ4v) is 2.63. The number of carbonyl (C=O) groups is 1. The third kappa shape index (κ3) is 6.99. The zero-order valence-electron chi connectivity index (χ0n) is 16.1. The third-order valence-electron chi connectivity index (χ3n) is 4.12. The van der Waals surface area contributed by atoms with Gasteiger partial charge < -0.3 is 26.4 Å². The van der Waals surface area contributed by atoms with Crippen LogP contribution in [0.1, 0.15) is 32.4 Å². The van der Waals surface area contributed by atoms with Gasteiger partial charge in [0.05, 0.1) is 6.61 Å². The van der Waals surface area contributed by atoms with E-state index in [0.717, 1.165) is 5.57 Å². The highest BCUT2D eigenvalue weighted by Crippen LogP contribution is 2.23. The zero-order chi connectivity index (χ0) is 20.4. The van der Waals surface area contributed by atoms with E-state index in [2.05, 4.69) is 9.98 Å². The van der Waals surface area contributed by atoms with Crippen molar-refractivity contribution in [1.82, 2.24) is 4.98 Å². The van der Waals surface area contributed by atoms with E-state index in [0.29, 0.717) is 30.9 Å². The smallest absolute Gasteiger partial charge is 0.337 e. The van der Waals surface area contributed by atoms with Gasteiger partial charge >= 0.3 is 5.97 Å². The Morgan fingerprint density at radius 2 is 2.19 bits per heavy atom. The third-order valence-corrected chi connectivity index (χ3v) is 4.12. The van der Waals surface area contributed by atoms with Crippen molar-refractivity contribution < 1.29 is 19.7 Å². The first-order valence-corrected chi connectivity index (χ1v) is 8.85. The number of hydrogen-bond donors (Lipinski definition) is 4. The SMILES string of the molecule is CN=CC(=CN)CCOc1ccnc(CC(O)(C(=O)O)C(N)CC(C)C)c1. The van der Waals surface area contributed by atoms with Gasteiger partial charge in [0, 0.05) is 50.1 Å². The fourth-order valence-electron chi connectivity index (χ4n) is 2.63. The molecule has 150 valence electrons. The van der Waals surface area contributed by atoms with E-state index >= 15 is 0 Å². The molecule has 0 spiro atoms. The molecule has 1 rings (SSSR count). The molecule has 8 heteroatoms. The number of aliphatic carboxylic acids is 1. The highest BCUT2D eigenvalue weighted by atomic mass is 16.5. The standard InChI is InChI=1S/C19H30N4O4/c1-13(2)8-17(21)19(26,18(24)25)10-15-9-16(4-6-23-15)27-7-5-14(11-20)12-22-3/h4,6,9,11-13,17,26H,5,7-8,10,20-21H2,1-3H3,(H,24,25). The van der Waals surface area contributed by atoms with Crippen LogP contribution in [0.5, 0.6) is 5.75 Å². The summed E-state index contributed by atoms with van der Waals surface area (Å²) in [6.07, 6.45) is 5.38. The number of nitrogens with zero attached hydrogens (tertiary/aromatic N) is 2. The van der Waals surface area contributed by atoms with E-state index in [1.54, 1.807) is 25.4 Å². The number of ether oxygens (including phenoxy) is 1. The molecule has 0 aliphatic carbocycles. The lowest BCUT2D eigenvalue weighted by atomic mass is 9.84. The molecule has 0 aliphatic heterocycles. The van der Waals surface area contributed by atoms with Crippen LogP contribution in [-0.4, -0.2) is 52.7 Å². The van der Waals surface area contributed by atoms with Gasteiger partial charge in [0.25, 0.3) is 0 Å². The Morgan fingerprint density at radius 3 is 2.74 bits per heavy atom. The van der Waals surface area contributed by atoms with Crippen LogP contribution in [0.3, 0.4) is 0 Å². The van der Waals surface area contributed by atoms with Gasteiger partial charge in [0.1, 0.15) is 5.75 Å². The lowest BCUT2D eigenvalue weighted by Crippen LogP contribution is -2.56. The first-order valence-electron chi connectivity index (χ1n) is 8.85. The van der Waals surface area contributed by atoms with Crippen molar-refractivity contribution >= 4 is 12.2 Å². The molecule has 0 fully saturated rings. The molecule has 0 aliphatic rings. The Morgan fingerprint density at radius 1 is 1.48 bits per heavy atom. The minimum atomic E-state index is -2.09. The fraction of sp³-hybridized carbons (Fsp3) is 0.526. The Hall–Kier alpha value is -2.45. The van der Waals surface area contributed by atoms with Gasteiger partial charge in [-0.05, 0) is 30.2 Å². The van der Waals surface area contributed by atoms with E-state index in [-0.39, 0.29) is 12.3 Å². The number of carboxylic acid groups (broad SMARTS) is 1. The van der Waals surface area contributed by atoms with E-state index in [4.69, 9.17) is 16.2 Å². The number of pyridine rings is 1. The number of rotatable bonds is 11. The Balaban J connectivity index is 2.83. The second-order valence-corrected chi connectivity index (χ2v) is 6.85.